The zero-order chi connectivity index (χ0) is 14.5. The molecule has 0 aliphatic rings. The Kier molecular flexibility index (Phi) is 6.46. The molecule has 6 heteroatoms. The van der Waals surface area contributed by atoms with E-state index in [1.54, 1.807) is 24.3 Å². The van der Waals surface area contributed by atoms with Gasteiger partial charge in [-0.05, 0) is 31.0 Å². The fraction of sp³-hybridized carbons (Fsp3) is 0.538. The Hall–Kier alpha value is -0.430. The summed E-state index contributed by atoms with van der Waals surface area (Å²) in [6.07, 6.45) is 1.45. The highest BCUT2D eigenvalue weighted by Gasteiger charge is 2.29. The summed E-state index contributed by atoms with van der Waals surface area (Å²) in [5.74, 6) is 0. The number of rotatable bonds is 7. The normalized spacial score (nSPS) is 12.3. The van der Waals surface area contributed by atoms with Crippen LogP contribution in [0.25, 0.3) is 0 Å². The van der Waals surface area contributed by atoms with Gasteiger partial charge < -0.3 is 5.11 Å². The third-order valence-electron chi connectivity index (χ3n) is 3.07. The van der Waals surface area contributed by atoms with Crippen molar-refractivity contribution in [2.75, 3.05) is 13.2 Å². The first-order chi connectivity index (χ1) is 8.97. The topological polar surface area (TPSA) is 57.6 Å². The fourth-order valence-corrected chi connectivity index (χ4v) is 4.42. The molecule has 0 heterocycles. The summed E-state index contributed by atoms with van der Waals surface area (Å²) >= 11 is 3.28. The van der Waals surface area contributed by atoms with E-state index < -0.39 is 10.0 Å². The lowest BCUT2D eigenvalue weighted by molar-refractivity contribution is 0.219. The van der Waals surface area contributed by atoms with E-state index in [0.717, 1.165) is 17.3 Å². The number of hydrogen-bond acceptors (Lipinski definition) is 3. The van der Waals surface area contributed by atoms with Crippen molar-refractivity contribution in [1.82, 2.24) is 4.31 Å². The molecule has 0 saturated carbocycles. The van der Waals surface area contributed by atoms with Crippen molar-refractivity contribution in [3.63, 3.8) is 0 Å². The van der Waals surface area contributed by atoms with Gasteiger partial charge in [-0.1, -0.05) is 35.8 Å². The van der Waals surface area contributed by atoms with Gasteiger partial charge in [-0.25, -0.2) is 8.42 Å². The van der Waals surface area contributed by atoms with Gasteiger partial charge in [0.25, 0.3) is 0 Å². The van der Waals surface area contributed by atoms with E-state index in [2.05, 4.69) is 15.9 Å². The monoisotopic (exact) mass is 349 g/mol. The number of nitrogens with zero attached hydrogens (tertiary/aromatic N) is 1. The average molecular weight is 350 g/mol. The van der Waals surface area contributed by atoms with Crippen molar-refractivity contribution in [3.05, 3.63) is 28.7 Å². The molecule has 0 aliphatic carbocycles. The molecule has 4 nitrogen and oxygen atoms in total. The summed E-state index contributed by atoms with van der Waals surface area (Å²) in [6, 6.07) is 6.55. The maximum atomic E-state index is 12.6. The number of benzene rings is 1. The zero-order valence-corrected chi connectivity index (χ0v) is 13.6. The summed E-state index contributed by atoms with van der Waals surface area (Å²) in [5, 5.41) is 9.13. The van der Waals surface area contributed by atoms with Crippen molar-refractivity contribution in [2.45, 2.75) is 37.6 Å². The van der Waals surface area contributed by atoms with Gasteiger partial charge in [-0.3, -0.25) is 0 Å². The van der Waals surface area contributed by atoms with E-state index in [0.29, 0.717) is 0 Å². The van der Waals surface area contributed by atoms with Crippen LogP contribution in [0.5, 0.6) is 0 Å². The second kappa shape index (κ2) is 7.38. The summed E-state index contributed by atoms with van der Waals surface area (Å²) in [6.45, 7) is 3.86. The molecule has 0 saturated heterocycles. The molecule has 0 bridgehead atoms. The SMILES string of the molecule is CCC(CC)N(CCO)S(=O)(=O)c1cccc(Br)c1. The van der Waals surface area contributed by atoms with Crippen molar-refractivity contribution in [1.29, 1.82) is 0 Å². The Morgan fingerprint density at radius 1 is 1.32 bits per heavy atom. The zero-order valence-electron chi connectivity index (χ0n) is 11.2. The number of aliphatic hydroxyl groups excluding tert-OH is 1. The highest BCUT2D eigenvalue weighted by molar-refractivity contribution is 9.10. The predicted octanol–water partition coefficient (Wildman–Crippen LogP) is 2.62. The molecule has 0 aliphatic heterocycles. The van der Waals surface area contributed by atoms with Crippen LogP contribution in [0.15, 0.2) is 33.6 Å². The molecule has 0 unspecified atom stereocenters. The van der Waals surface area contributed by atoms with Crippen molar-refractivity contribution < 1.29 is 13.5 Å². The highest BCUT2D eigenvalue weighted by Crippen LogP contribution is 2.23. The minimum atomic E-state index is -3.57. The second-order valence-corrected chi connectivity index (χ2v) is 7.07. The van der Waals surface area contributed by atoms with E-state index in [1.807, 2.05) is 13.8 Å². The highest BCUT2D eigenvalue weighted by atomic mass is 79.9. The minimum absolute atomic E-state index is 0.0869. The van der Waals surface area contributed by atoms with Gasteiger partial charge in [0, 0.05) is 17.1 Å². The Morgan fingerprint density at radius 2 is 1.95 bits per heavy atom. The number of sulfonamides is 1. The fourth-order valence-electron chi connectivity index (χ4n) is 2.06. The smallest absolute Gasteiger partial charge is 0.243 e. The Balaban J connectivity index is 3.19. The van der Waals surface area contributed by atoms with Crippen molar-refractivity contribution >= 4 is 26.0 Å². The third kappa shape index (κ3) is 4.02. The van der Waals surface area contributed by atoms with Crippen LogP contribution in [-0.2, 0) is 10.0 Å². The molecule has 108 valence electrons. The summed E-state index contributed by atoms with van der Waals surface area (Å²) in [5.41, 5.74) is 0. The Morgan fingerprint density at radius 3 is 2.42 bits per heavy atom. The van der Waals surface area contributed by atoms with Gasteiger partial charge in [0.05, 0.1) is 11.5 Å². The molecular formula is C13H20BrNO3S. The van der Waals surface area contributed by atoms with Gasteiger partial charge in [-0.2, -0.15) is 4.31 Å². The van der Waals surface area contributed by atoms with Crippen LogP contribution in [-0.4, -0.2) is 37.0 Å². The van der Waals surface area contributed by atoms with Crippen LogP contribution in [0.3, 0.4) is 0 Å². The first-order valence-electron chi connectivity index (χ1n) is 6.35. The maximum Gasteiger partial charge on any atom is 0.243 e. The summed E-state index contributed by atoms with van der Waals surface area (Å²) in [7, 11) is -3.57. The molecule has 1 aromatic carbocycles. The van der Waals surface area contributed by atoms with E-state index in [4.69, 9.17) is 5.11 Å². The van der Waals surface area contributed by atoms with Gasteiger partial charge in [0.15, 0.2) is 0 Å². The van der Waals surface area contributed by atoms with Crippen LogP contribution in [0.1, 0.15) is 26.7 Å². The van der Waals surface area contributed by atoms with Crippen LogP contribution in [0, 0.1) is 0 Å². The third-order valence-corrected chi connectivity index (χ3v) is 5.51. The number of hydrogen-bond donors (Lipinski definition) is 1. The quantitative estimate of drug-likeness (QED) is 0.822. The molecule has 19 heavy (non-hydrogen) atoms. The molecule has 1 aromatic rings. The molecule has 0 aromatic heterocycles. The predicted molar refractivity (Wildman–Crippen MR) is 79.5 cm³/mol. The maximum absolute atomic E-state index is 12.6. The van der Waals surface area contributed by atoms with Crippen molar-refractivity contribution in [2.24, 2.45) is 0 Å². The van der Waals surface area contributed by atoms with Crippen LogP contribution < -0.4 is 0 Å². The lowest BCUT2D eigenvalue weighted by Crippen LogP contribution is -2.41. The lowest BCUT2D eigenvalue weighted by Gasteiger charge is -2.29. The molecule has 1 N–H and O–H groups in total. The number of halogens is 1. The molecule has 0 radical (unpaired) electrons. The molecule has 0 fully saturated rings. The van der Waals surface area contributed by atoms with Gasteiger partial charge in [-0.15, -0.1) is 0 Å². The van der Waals surface area contributed by atoms with E-state index in [-0.39, 0.29) is 24.1 Å². The van der Waals surface area contributed by atoms with E-state index in [9.17, 15) is 8.42 Å². The first kappa shape index (κ1) is 16.6. The van der Waals surface area contributed by atoms with Gasteiger partial charge in [0.1, 0.15) is 0 Å². The van der Waals surface area contributed by atoms with E-state index in [1.165, 1.54) is 4.31 Å². The Labute approximate surface area is 123 Å². The molecule has 0 atom stereocenters. The van der Waals surface area contributed by atoms with Gasteiger partial charge in [0.2, 0.25) is 10.0 Å². The molecular weight excluding hydrogens is 330 g/mol. The van der Waals surface area contributed by atoms with Crippen molar-refractivity contribution in [3.8, 4) is 0 Å². The second-order valence-electron chi connectivity index (χ2n) is 4.27. The van der Waals surface area contributed by atoms with E-state index >= 15 is 0 Å². The van der Waals surface area contributed by atoms with Gasteiger partial charge >= 0.3 is 0 Å². The molecule has 1 rings (SSSR count). The van der Waals surface area contributed by atoms with Crippen LogP contribution in [0.4, 0.5) is 0 Å². The minimum Gasteiger partial charge on any atom is -0.395 e. The molecule has 0 spiro atoms. The average Bonchev–Trinajstić information content (AvgIpc) is 2.39. The lowest BCUT2D eigenvalue weighted by atomic mass is 10.2. The Bertz CT molecular complexity index is 500. The number of aliphatic hydroxyl groups is 1. The summed E-state index contributed by atoms with van der Waals surface area (Å²) in [4.78, 5) is 0.252. The standard InChI is InChI=1S/C13H20BrNO3S/c1-3-12(4-2)15(8-9-16)19(17,18)13-7-5-6-11(14)10-13/h5-7,10,12,16H,3-4,8-9H2,1-2H3. The van der Waals surface area contributed by atoms with Crippen LogP contribution >= 0.6 is 15.9 Å². The largest absolute Gasteiger partial charge is 0.395 e. The first-order valence-corrected chi connectivity index (χ1v) is 8.58. The molecule has 0 amide bonds. The van der Waals surface area contributed by atoms with Crippen LogP contribution in [0.2, 0.25) is 0 Å². The summed E-state index contributed by atoms with van der Waals surface area (Å²) < 4.78 is 27.4.